The Hall–Kier alpha value is -3.13. The smallest absolute Gasteiger partial charge is 0.299 e. The van der Waals surface area contributed by atoms with Crippen molar-refractivity contribution in [2.75, 3.05) is 5.43 Å². The predicted molar refractivity (Wildman–Crippen MR) is 108 cm³/mol. The summed E-state index contributed by atoms with van der Waals surface area (Å²) in [6.45, 7) is 4.14. The number of nitrogens with zero attached hydrogens (tertiary/aromatic N) is 4. The number of benzene rings is 1. The van der Waals surface area contributed by atoms with Crippen LogP contribution >= 0.6 is 11.6 Å². The number of anilines is 1. The number of aryl methyl sites for hydroxylation is 1. The number of hydrogen-bond acceptors (Lipinski definition) is 5. The Balaban J connectivity index is 2.07. The number of H-pyrrole nitrogens is 1. The van der Waals surface area contributed by atoms with Crippen molar-refractivity contribution in [3.05, 3.63) is 67.8 Å². The van der Waals surface area contributed by atoms with Crippen LogP contribution in [-0.2, 0) is 13.6 Å². The molecule has 0 unspecified atom stereocenters. The molecule has 0 aliphatic carbocycles. The molecular formula is C18H19ClN6O2. The molecule has 27 heavy (non-hydrogen) atoms. The van der Waals surface area contributed by atoms with E-state index in [-0.39, 0.29) is 5.65 Å². The zero-order valence-electron chi connectivity index (χ0n) is 15.2. The van der Waals surface area contributed by atoms with Crippen LogP contribution in [-0.4, -0.2) is 24.8 Å². The van der Waals surface area contributed by atoms with Gasteiger partial charge in [0.25, 0.3) is 5.56 Å². The highest BCUT2D eigenvalue weighted by Crippen LogP contribution is 2.16. The minimum absolute atomic E-state index is 0.287. The molecule has 0 spiro atoms. The number of allylic oxidation sites excluding steroid dienone is 2. The van der Waals surface area contributed by atoms with Gasteiger partial charge in [-0.3, -0.25) is 18.9 Å². The van der Waals surface area contributed by atoms with E-state index in [9.17, 15) is 9.59 Å². The van der Waals surface area contributed by atoms with Crippen LogP contribution in [0.5, 0.6) is 0 Å². The molecule has 0 aliphatic rings. The highest BCUT2D eigenvalue weighted by molar-refractivity contribution is 6.30. The summed E-state index contributed by atoms with van der Waals surface area (Å²) < 4.78 is 2.97. The van der Waals surface area contributed by atoms with E-state index >= 15 is 0 Å². The van der Waals surface area contributed by atoms with Crippen molar-refractivity contribution < 1.29 is 0 Å². The van der Waals surface area contributed by atoms with Crippen LogP contribution in [0.15, 0.2) is 51.1 Å². The maximum absolute atomic E-state index is 12.3. The maximum atomic E-state index is 12.3. The molecule has 9 heteroatoms. The third-order valence-electron chi connectivity index (χ3n) is 4.12. The molecule has 0 atom stereocenters. The van der Waals surface area contributed by atoms with Crippen LogP contribution in [0.3, 0.4) is 0 Å². The topological polar surface area (TPSA) is 97.1 Å². The van der Waals surface area contributed by atoms with Gasteiger partial charge in [-0.2, -0.15) is 10.1 Å². The largest absolute Gasteiger partial charge is 0.329 e. The number of hydrogen-bond donors (Lipinski definition) is 2. The fraction of sp³-hybridized carbons (Fsp3) is 0.222. The van der Waals surface area contributed by atoms with E-state index in [4.69, 9.17) is 11.6 Å². The molecule has 0 bridgehead atoms. The molecule has 1 aromatic carbocycles. The molecule has 0 fully saturated rings. The van der Waals surface area contributed by atoms with Crippen LogP contribution in [0.2, 0.25) is 5.02 Å². The Labute approximate surface area is 159 Å². The molecule has 0 saturated carbocycles. The van der Waals surface area contributed by atoms with Gasteiger partial charge in [-0.15, -0.1) is 0 Å². The molecule has 0 aliphatic heterocycles. The minimum atomic E-state index is -0.518. The van der Waals surface area contributed by atoms with Crippen molar-refractivity contribution in [2.45, 2.75) is 20.4 Å². The summed E-state index contributed by atoms with van der Waals surface area (Å²) in [5.41, 5.74) is 4.10. The fourth-order valence-electron chi connectivity index (χ4n) is 2.60. The quantitative estimate of drug-likeness (QED) is 0.400. The van der Waals surface area contributed by atoms with Crippen LogP contribution in [0, 0.1) is 0 Å². The van der Waals surface area contributed by atoms with Gasteiger partial charge in [0.15, 0.2) is 11.2 Å². The summed E-state index contributed by atoms with van der Waals surface area (Å²) in [6, 6.07) is 7.29. The van der Waals surface area contributed by atoms with E-state index in [0.29, 0.717) is 23.0 Å². The minimum Gasteiger partial charge on any atom is -0.299 e. The summed E-state index contributed by atoms with van der Waals surface area (Å²) in [7, 11) is 1.56. The SMILES string of the molecule is C/C=C/Cn1c(N/N=C(\C)c2ccc(Cl)cc2)nc2c1c(=O)[nH]c(=O)n2C. The van der Waals surface area contributed by atoms with Crippen LogP contribution in [0.4, 0.5) is 5.95 Å². The third kappa shape index (κ3) is 3.70. The number of hydrazone groups is 1. The lowest BCUT2D eigenvalue weighted by Gasteiger charge is -2.06. The summed E-state index contributed by atoms with van der Waals surface area (Å²) in [5.74, 6) is 0.364. The second-order valence-corrected chi connectivity index (χ2v) is 6.36. The summed E-state index contributed by atoms with van der Waals surface area (Å²) in [4.78, 5) is 30.9. The lowest BCUT2D eigenvalue weighted by Crippen LogP contribution is -2.29. The molecule has 2 heterocycles. The highest BCUT2D eigenvalue weighted by atomic mass is 35.5. The van der Waals surface area contributed by atoms with Gasteiger partial charge >= 0.3 is 5.69 Å². The molecule has 2 N–H and O–H groups in total. The van der Waals surface area contributed by atoms with Gasteiger partial charge in [-0.25, -0.2) is 10.2 Å². The molecule has 140 valence electrons. The van der Waals surface area contributed by atoms with Crippen molar-refractivity contribution in [1.82, 2.24) is 19.1 Å². The van der Waals surface area contributed by atoms with Gasteiger partial charge in [0.05, 0.1) is 5.71 Å². The lowest BCUT2D eigenvalue weighted by atomic mass is 10.1. The number of nitrogens with one attached hydrogen (secondary N) is 2. The van der Waals surface area contributed by atoms with Crippen molar-refractivity contribution in [3.63, 3.8) is 0 Å². The molecule has 8 nitrogen and oxygen atoms in total. The number of rotatable bonds is 5. The molecule has 0 radical (unpaired) electrons. The van der Waals surface area contributed by atoms with Gasteiger partial charge < -0.3 is 0 Å². The summed E-state index contributed by atoms with van der Waals surface area (Å²) >= 11 is 5.91. The van der Waals surface area contributed by atoms with E-state index in [2.05, 4.69) is 20.5 Å². The first-order chi connectivity index (χ1) is 12.9. The van der Waals surface area contributed by atoms with E-state index in [1.807, 2.05) is 38.1 Å². The zero-order chi connectivity index (χ0) is 19.6. The van der Waals surface area contributed by atoms with Gasteiger partial charge in [-0.1, -0.05) is 35.9 Å². The van der Waals surface area contributed by atoms with Crippen LogP contribution in [0.25, 0.3) is 11.2 Å². The Morgan fingerprint density at radius 3 is 2.70 bits per heavy atom. The molecule has 0 saturated heterocycles. The van der Waals surface area contributed by atoms with Gasteiger partial charge in [0.1, 0.15) is 0 Å². The molecule has 3 rings (SSSR count). The van der Waals surface area contributed by atoms with E-state index in [1.54, 1.807) is 23.7 Å². The van der Waals surface area contributed by atoms with E-state index in [0.717, 1.165) is 11.3 Å². The first-order valence-electron chi connectivity index (χ1n) is 8.29. The molecule has 0 amide bonds. The second kappa shape index (κ2) is 7.63. The number of halogens is 1. The predicted octanol–water partition coefficient (Wildman–Crippen LogP) is 2.49. The zero-order valence-corrected chi connectivity index (χ0v) is 15.9. The van der Waals surface area contributed by atoms with Crippen molar-refractivity contribution in [1.29, 1.82) is 0 Å². The first-order valence-corrected chi connectivity index (χ1v) is 8.67. The van der Waals surface area contributed by atoms with Crippen molar-refractivity contribution in [3.8, 4) is 0 Å². The lowest BCUT2D eigenvalue weighted by molar-refractivity contribution is 0.818. The number of imidazole rings is 1. The Morgan fingerprint density at radius 1 is 1.33 bits per heavy atom. The standard InChI is InChI=1S/C18H19ClN6O2/c1-4-5-10-25-14-15(24(3)18(27)21-16(14)26)20-17(25)23-22-11(2)12-6-8-13(19)9-7-12/h4-9H,10H2,1-3H3,(H,20,23)(H,21,26,27)/b5-4+,22-11+. The Bertz CT molecular complexity index is 1150. The molecular weight excluding hydrogens is 368 g/mol. The Morgan fingerprint density at radius 2 is 2.04 bits per heavy atom. The highest BCUT2D eigenvalue weighted by Gasteiger charge is 2.16. The second-order valence-electron chi connectivity index (χ2n) is 5.92. The number of fused-ring (bicyclic) bond motifs is 1. The van der Waals surface area contributed by atoms with Crippen LogP contribution < -0.4 is 16.7 Å². The number of aromatic nitrogens is 4. The average molecular weight is 387 g/mol. The van der Waals surface area contributed by atoms with Gasteiger partial charge in [0, 0.05) is 18.6 Å². The first kappa shape index (κ1) is 18.7. The summed E-state index contributed by atoms with van der Waals surface area (Å²) in [6.07, 6.45) is 3.75. The van der Waals surface area contributed by atoms with E-state index < -0.39 is 11.2 Å². The molecule has 3 aromatic rings. The Kier molecular flexibility index (Phi) is 5.27. The molecule has 2 aromatic heterocycles. The monoisotopic (exact) mass is 386 g/mol. The van der Waals surface area contributed by atoms with Gasteiger partial charge in [0.2, 0.25) is 5.95 Å². The summed E-state index contributed by atoms with van der Waals surface area (Å²) in [5, 5.41) is 5.00. The normalized spacial score (nSPS) is 12.2. The van der Waals surface area contributed by atoms with Gasteiger partial charge in [-0.05, 0) is 31.5 Å². The van der Waals surface area contributed by atoms with E-state index in [1.165, 1.54) is 4.57 Å². The number of aromatic amines is 1. The average Bonchev–Trinajstić information content (AvgIpc) is 3.02. The third-order valence-corrected chi connectivity index (χ3v) is 4.37. The fourth-order valence-corrected chi connectivity index (χ4v) is 2.72. The van der Waals surface area contributed by atoms with Crippen molar-refractivity contribution >= 4 is 34.4 Å². The maximum Gasteiger partial charge on any atom is 0.329 e. The van der Waals surface area contributed by atoms with Crippen LogP contribution in [0.1, 0.15) is 19.4 Å². The van der Waals surface area contributed by atoms with Crippen molar-refractivity contribution in [2.24, 2.45) is 12.1 Å².